The third-order valence-corrected chi connectivity index (χ3v) is 3.59. The van der Waals surface area contributed by atoms with Crippen molar-refractivity contribution in [2.45, 2.75) is 32.2 Å². The van der Waals surface area contributed by atoms with E-state index in [1.54, 1.807) is 6.92 Å². The molecule has 0 saturated carbocycles. The lowest BCUT2D eigenvalue weighted by Gasteiger charge is -2.27. The van der Waals surface area contributed by atoms with Crippen LogP contribution in [-0.2, 0) is 13.1 Å². The second-order valence-corrected chi connectivity index (χ2v) is 5.55. The zero-order valence-electron chi connectivity index (χ0n) is 12.5. The molecule has 3 N–H and O–H groups in total. The molecule has 0 saturated heterocycles. The first-order valence-electron chi connectivity index (χ1n) is 7.39. The van der Waals surface area contributed by atoms with E-state index >= 15 is 0 Å². The number of nitrogens with two attached hydrogens (primary N) is 1. The molecular formula is C18H24N2O. The van der Waals surface area contributed by atoms with Crippen molar-refractivity contribution in [3.63, 3.8) is 0 Å². The summed E-state index contributed by atoms with van der Waals surface area (Å²) in [4.78, 5) is 2.28. The van der Waals surface area contributed by atoms with Gasteiger partial charge in [-0.2, -0.15) is 0 Å². The summed E-state index contributed by atoms with van der Waals surface area (Å²) in [5.41, 5.74) is 8.54. The molecule has 2 aromatic carbocycles. The summed E-state index contributed by atoms with van der Waals surface area (Å²) in [7, 11) is 0. The third-order valence-electron chi connectivity index (χ3n) is 3.59. The van der Waals surface area contributed by atoms with Crippen LogP contribution in [0, 0.1) is 0 Å². The van der Waals surface area contributed by atoms with Crippen LogP contribution in [0.3, 0.4) is 0 Å². The van der Waals surface area contributed by atoms with Crippen molar-refractivity contribution in [2.24, 2.45) is 5.73 Å². The Morgan fingerprint density at radius 2 is 1.33 bits per heavy atom. The normalized spacial score (nSPS) is 14.1. The highest BCUT2D eigenvalue weighted by molar-refractivity contribution is 5.17. The average Bonchev–Trinajstić information content (AvgIpc) is 2.49. The van der Waals surface area contributed by atoms with Crippen molar-refractivity contribution < 1.29 is 5.11 Å². The molecule has 21 heavy (non-hydrogen) atoms. The van der Waals surface area contributed by atoms with Gasteiger partial charge in [0.15, 0.2) is 0 Å². The molecule has 0 aliphatic heterocycles. The number of benzene rings is 2. The van der Waals surface area contributed by atoms with Crippen molar-refractivity contribution in [1.82, 2.24) is 4.90 Å². The quantitative estimate of drug-likeness (QED) is 0.821. The Hall–Kier alpha value is -1.68. The minimum atomic E-state index is -0.501. The van der Waals surface area contributed by atoms with Crippen LogP contribution in [0.4, 0.5) is 0 Å². The zero-order chi connectivity index (χ0) is 15.1. The Balaban J connectivity index is 2.06. The van der Waals surface area contributed by atoms with E-state index < -0.39 is 6.10 Å². The summed E-state index contributed by atoms with van der Waals surface area (Å²) in [6.07, 6.45) is -0.501. The van der Waals surface area contributed by atoms with Crippen molar-refractivity contribution in [2.75, 3.05) is 6.54 Å². The monoisotopic (exact) mass is 284 g/mol. The molecule has 3 heteroatoms. The van der Waals surface area contributed by atoms with Gasteiger partial charge in [-0.05, 0) is 18.1 Å². The molecule has 112 valence electrons. The van der Waals surface area contributed by atoms with Gasteiger partial charge in [0.25, 0.3) is 0 Å². The van der Waals surface area contributed by atoms with E-state index in [1.807, 2.05) is 36.4 Å². The Labute approximate surface area is 127 Å². The summed E-state index contributed by atoms with van der Waals surface area (Å²) >= 11 is 0. The molecule has 2 atom stereocenters. The summed E-state index contributed by atoms with van der Waals surface area (Å²) in [5, 5.41) is 9.65. The molecule has 0 unspecified atom stereocenters. The minimum absolute atomic E-state index is 0.238. The topological polar surface area (TPSA) is 49.5 Å². The van der Waals surface area contributed by atoms with Crippen molar-refractivity contribution in [3.8, 4) is 0 Å². The highest BCUT2D eigenvalue weighted by atomic mass is 16.3. The molecule has 0 fully saturated rings. The van der Waals surface area contributed by atoms with Crippen LogP contribution in [0.15, 0.2) is 60.7 Å². The van der Waals surface area contributed by atoms with E-state index in [0.29, 0.717) is 6.54 Å². The Bertz CT molecular complexity index is 472. The van der Waals surface area contributed by atoms with Crippen LogP contribution in [0.5, 0.6) is 0 Å². The lowest BCUT2D eigenvalue weighted by atomic mass is 10.1. The molecule has 0 radical (unpaired) electrons. The van der Waals surface area contributed by atoms with Crippen LogP contribution in [0.25, 0.3) is 0 Å². The largest absolute Gasteiger partial charge is 0.392 e. The van der Waals surface area contributed by atoms with E-state index in [-0.39, 0.29) is 6.04 Å². The molecule has 0 aromatic heterocycles. The second kappa shape index (κ2) is 7.93. The number of nitrogens with zero attached hydrogens (tertiary/aromatic N) is 1. The Kier molecular flexibility index (Phi) is 5.93. The van der Waals surface area contributed by atoms with Gasteiger partial charge in [0.2, 0.25) is 0 Å². The molecule has 0 aliphatic rings. The molecule has 2 rings (SSSR count). The van der Waals surface area contributed by atoms with E-state index in [4.69, 9.17) is 5.73 Å². The molecule has 2 aromatic rings. The first kappa shape index (κ1) is 15.7. The van der Waals surface area contributed by atoms with Gasteiger partial charge in [-0.15, -0.1) is 0 Å². The van der Waals surface area contributed by atoms with Gasteiger partial charge in [-0.1, -0.05) is 60.7 Å². The van der Waals surface area contributed by atoms with Gasteiger partial charge in [0.1, 0.15) is 0 Å². The first-order chi connectivity index (χ1) is 10.1. The fourth-order valence-corrected chi connectivity index (χ4v) is 2.32. The maximum atomic E-state index is 9.65. The van der Waals surface area contributed by atoms with Gasteiger partial charge in [0, 0.05) is 25.7 Å². The SMILES string of the molecule is C[C@H](O)[C@H](N)CN(Cc1ccccc1)Cc1ccccc1. The minimum Gasteiger partial charge on any atom is -0.392 e. The second-order valence-electron chi connectivity index (χ2n) is 5.55. The number of hydrogen-bond donors (Lipinski definition) is 2. The van der Waals surface area contributed by atoms with Crippen LogP contribution in [-0.4, -0.2) is 28.7 Å². The molecule has 0 heterocycles. The van der Waals surface area contributed by atoms with Crippen molar-refractivity contribution in [3.05, 3.63) is 71.8 Å². The van der Waals surface area contributed by atoms with Crippen LogP contribution in [0.1, 0.15) is 18.1 Å². The number of rotatable bonds is 7. The predicted molar refractivity (Wildman–Crippen MR) is 86.7 cm³/mol. The van der Waals surface area contributed by atoms with E-state index in [2.05, 4.69) is 29.2 Å². The van der Waals surface area contributed by atoms with E-state index in [0.717, 1.165) is 13.1 Å². The number of hydrogen-bond acceptors (Lipinski definition) is 3. The highest BCUT2D eigenvalue weighted by Gasteiger charge is 2.15. The first-order valence-corrected chi connectivity index (χ1v) is 7.39. The molecule has 0 spiro atoms. The van der Waals surface area contributed by atoms with Gasteiger partial charge < -0.3 is 10.8 Å². The van der Waals surface area contributed by atoms with Gasteiger partial charge in [0.05, 0.1) is 6.10 Å². The van der Waals surface area contributed by atoms with Gasteiger partial charge in [-0.3, -0.25) is 4.90 Å². The highest BCUT2D eigenvalue weighted by Crippen LogP contribution is 2.11. The smallest absolute Gasteiger partial charge is 0.0675 e. The lowest BCUT2D eigenvalue weighted by Crippen LogP contribution is -2.43. The molecule has 0 aliphatic carbocycles. The predicted octanol–water partition coefficient (Wildman–Crippen LogP) is 2.40. The van der Waals surface area contributed by atoms with Crippen LogP contribution >= 0.6 is 0 Å². The molecule has 0 amide bonds. The molecule has 3 nitrogen and oxygen atoms in total. The van der Waals surface area contributed by atoms with Crippen molar-refractivity contribution in [1.29, 1.82) is 0 Å². The van der Waals surface area contributed by atoms with Gasteiger partial charge >= 0.3 is 0 Å². The Morgan fingerprint density at radius 3 is 1.71 bits per heavy atom. The molecular weight excluding hydrogens is 260 g/mol. The van der Waals surface area contributed by atoms with E-state index in [1.165, 1.54) is 11.1 Å². The van der Waals surface area contributed by atoms with E-state index in [9.17, 15) is 5.11 Å². The maximum Gasteiger partial charge on any atom is 0.0675 e. The average molecular weight is 284 g/mol. The fourth-order valence-electron chi connectivity index (χ4n) is 2.32. The lowest BCUT2D eigenvalue weighted by molar-refractivity contribution is 0.127. The number of aliphatic hydroxyl groups excluding tert-OH is 1. The summed E-state index contributed by atoms with van der Waals surface area (Å²) < 4.78 is 0. The standard InChI is InChI=1S/C18H24N2O/c1-15(21)18(19)14-20(12-16-8-4-2-5-9-16)13-17-10-6-3-7-11-17/h2-11,15,18,21H,12-14,19H2,1H3/t15-,18+/m0/s1. The maximum absolute atomic E-state index is 9.65. The Morgan fingerprint density at radius 1 is 0.905 bits per heavy atom. The summed E-state index contributed by atoms with van der Waals surface area (Å²) in [6, 6.07) is 20.5. The summed E-state index contributed by atoms with van der Waals surface area (Å²) in [6.45, 7) is 4.07. The summed E-state index contributed by atoms with van der Waals surface area (Å²) in [5.74, 6) is 0. The van der Waals surface area contributed by atoms with Crippen molar-refractivity contribution >= 4 is 0 Å². The zero-order valence-corrected chi connectivity index (χ0v) is 12.5. The fraction of sp³-hybridized carbons (Fsp3) is 0.333. The third kappa shape index (κ3) is 5.31. The number of aliphatic hydroxyl groups is 1. The molecule has 0 bridgehead atoms. The van der Waals surface area contributed by atoms with Gasteiger partial charge in [-0.25, -0.2) is 0 Å². The van der Waals surface area contributed by atoms with Crippen LogP contribution in [0.2, 0.25) is 0 Å². The van der Waals surface area contributed by atoms with Crippen LogP contribution < -0.4 is 5.73 Å².